The van der Waals surface area contributed by atoms with E-state index in [-0.39, 0.29) is 17.3 Å². The number of phenols is 2. The molecule has 0 bridgehead atoms. The molecule has 3 heteroatoms. The SMILES string of the molecule is C=CC(=O)c1ccc(O)c(O)c1. The summed E-state index contributed by atoms with van der Waals surface area (Å²) in [5.74, 6) is -0.830. The van der Waals surface area contributed by atoms with E-state index >= 15 is 0 Å². The van der Waals surface area contributed by atoms with E-state index in [1.807, 2.05) is 0 Å². The summed E-state index contributed by atoms with van der Waals surface area (Å²) in [5.41, 5.74) is 0.306. The van der Waals surface area contributed by atoms with Crippen LogP contribution in [0.5, 0.6) is 11.5 Å². The van der Waals surface area contributed by atoms with Crippen LogP contribution in [0.15, 0.2) is 30.9 Å². The molecule has 0 atom stereocenters. The van der Waals surface area contributed by atoms with Crippen molar-refractivity contribution in [3.63, 3.8) is 0 Å². The van der Waals surface area contributed by atoms with Gasteiger partial charge in [-0.2, -0.15) is 0 Å². The fourth-order valence-electron chi connectivity index (χ4n) is 0.795. The Morgan fingerprint density at radius 1 is 1.33 bits per heavy atom. The molecule has 0 saturated heterocycles. The van der Waals surface area contributed by atoms with Crippen LogP contribution < -0.4 is 0 Å². The monoisotopic (exact) mass is 164 g/mol. The van der Waals surface area contributed by atoms with E-state index in [1.165, 1.54) is 18.2 Å². The number of carbonyl (C=O) groups excluding carboxylic acids is 1. The molecular formula is C9H8O3. The minimum Gasteiger partial charge on any atom is -0.504 e. The van der Waals surface area contributed by atoms with Crippen LogP contribution >= 0.6 is 0 Å². The Labute approximate surface area is 69.6 Å². The van der Waals surface area contributed by atoms with Crippen molar-refractivity contribution in [2.75, 3.05) is 0 Å². The second-order valence-electron chi connectivity index (χ2n) is 2.27. The minimum absolute atomic E-state index is 0.240. The van der Waals surface area contributed by atoms with Crippen molar-refractivity contribution in [2.24, 2.45) is 0 Å². The van der Waals surface area contributed by atoms with E-state index in [1.54, 1.807) is 0 Å². The minimum atomic E-state index is -0.303. The summed E-state index contributed by atoms with van der Waals surface area (Å²) in [6.45, 7) is 3.30. The molecule has 0 aliphatic carbocycles. The maximum atomic E-state index is 11.0. The molecule has 0 aliphatic heterocycles. The quantitative estimate of drug-likeness (QED) is 0.395. The number of benzene rings is 1. The summed E-state index contributed by atoms with van der Waals surface area (Å²) in [6.07, 6.45) is 1.14. The zero-order valence-corrected chi connectivity index (χ0v) is 6.32. The number of carbonyl (C=O) groups is 1. The lowest BCUT2D eigenvalue weighted by Gasteiger charge is -1.98. The van der Waals surface area contributed by atoms with Gasteiger partial charge < -0.3 is 10.2 Å². The molecule has 0 spiro atoms. The molecule has 1 rings (SSSR count). The van der Waals surface area contributed by atoms with Gasteiger partial charge >= 0.3 is 0 Å². The molecule has 0 saturated carbocycles. The number of allylic oxidation sites excluding steroid dienone is 1. The Balaban J connectivity index is 3.13. The zero-order valence-electron chi connectivity index (χ0n) is 6.32. The third kappa shape index (κ3) is 1.45. The molecule has 2 N–H and O–H groups in total. The zero-order chi connectivity index (χ0) is 9.14. The fraction of sp³-hybridized carbons (Fsp3) is 0. The Morgan fingerprint density at radius 3 is 2.50 bits per heavy atom. The number of ketones is 1. The highest BCUT2D eigenvalue weighted by Gasteiger charge is 2.04. The van der Waals surface area contributed by atoms with Crippen LogP contribution in [0.1, 0.15) is 10.4 Å². The maximum Gasteiger partial charge on any atom is 0.185 e. The largest absolute Gasteiger partial charge is 0.504 e. The summed E-state index contributed by atoms with van der Waals surface area (Å²) in [6, 6.07) is 3.87. The van der Waals surface area contributed by atoms with Crippen LogP contribution in [-0.2, 0) is 0 Å². The molecule has 0 fully saturated rings. The molecule has 1 aromatic carbocycles. The molecule has 3 nitrogen and oxygen atoms in total. The molecule has 62 valence electrons. The highest BCUT2D eigenvalue weighted by atomic mass is 16.3. The number of rotatable bonds is 2. The highest BCUT2D eigenvalue weighted by molar-refractivity contribution is 6.04. The first-order valence-electron chi connectivity index (χ1n) is 3.34. The molecular weight excluding hydrogens is 156 g/mol. The van der Waals surface area contributed by atoms with Crippen LogP contribution in [0.25, 0.3) is 0 Å². The van der Waals surface area contributed by atoms with Crippen LogP contribution in [-0.4, -0.2) is 16.0 Å². The van der Waals surface area contributed by atoms with Gasteiger partial charge in [-0.05, 0) is 24.3 Å². The summed E-state index contributed by atoms with van der Waals surface area (Å²) in [7, 11) is 0. The summed E-state index contributed by atoms with van der Waals surface area (Å²) in [4.78, 5) is 11.0. The van der Waals surface area contributed by atoms with Gasteiger partial charge in [-0.25, -0.2) is 0 Å². The molecule has 12 heavy (non-hydrogen) atoms. The Bertz CT molecular complexity index is 329. The van der Waals surface area contributed by atoms with Gasteiger partial charge in [-0.15, -0.1) is 0 Å². The lowest BCUT2D eigenvalue weighted by Crippen LogP contribution is -1.92. The number of phenolic OH excluding ortho intramolecular Hbond substituents is 2. The van der Waals surface area contributed by atoms with Crippen LogP contribution in [0.3, 0.4) is 0 Å². The van der Waals surface area contributed by atoms with Gasteiger partial charge in [-0.1, -0.05) is 6.58 Å². The first-order chi connectivity index (χ1) is 5.65. The van der Waals surface area contributed by atoms with Crippen molar-refractivity contribution in [1.29, 1.82) is 0 Å². The van der Waals surface area contributed by atoms with Crippen molar-refractivity contribution < 1.29 is 15.0 Å². The van der Waals surface area contributed by atoms with E-state index in [0.717, 1.165) is 6.08 Å². The van der Waals surface area contributed by atoms with Gasteiger partial charge in [0.25, 0.3) is 0 Å². The Kier molecular flexibility index (Phi) is 2.14. The van der Waals surface area contributed by atoms with Crippen LogP contribution in [0.4, 0.5) is 0 Å². The van der Waals surface area contributed by atoms with Crippen molar-refractivity contribution in [1.82, 2.24) is 0 Å². The Morgan fingerprint density at radius 2 is 2.00 bits per heavy atom. The molecule has 0 amide bonds. The van der Waals surface area contributed by atoms with E-state index in [2.05, 4.69) is 6.58 Å². The molecule has 0 aliphatic rings. The first kappa shape index (κ1) is 8.33. The van der Waals surface area contributed by atoms with Crippen molar-refractivity contribution in [3.05, 3.63) is 36.4 Å². The standard InChI is InChI=1S/C9H8O3/c1-2-7(10)6-3-4-8(11)9(12)5-6/h2-5,11-12H,1H2. The number of aromatic hydroxyl groups is 2. The second kappa shape index (κ2) is 3.09. The van der Waals surface area contributed by atoms with E-state index in [0.29, 0.717) is 5.56 Å². The van der Waals surface area contributed by atoms with Crippen molar-refractivity contribution >= 4 is 5.78 Å². The van der Waals surface area contributed by atoms with E-state index < -0.39 is 0 Å². The first-order valence-corrected chi connectivity index (χ1v) is 3.34. The second-order valence-corrected chi connectivity index (χ2v) is 2.27. The molecule has 0 radical (unpaired) electrons. The van der Waals surface area contributed by atoms with Gasteiger partial charge in [0.05, 0.1) is 0 Å². The predicted molar refractivity (Wildman–Crippen MR) is 44.3 cm³/mol. The summed E-state index contributed by atoms with van der Waals surface area (Å²) >= 11 is 0. The van der Waals surface area contributed by atoms with Gasteiger partial charge in [0.2, 0.25) is 0 Å². The molecule has 1 aromatic rings. The third-order valence-electron chi connectivity index (χ3n) is 1.45. The Hall–Kier alpha value is -1.77. The van der Waals surface area contributed by atoms with Gasteiger partial charge in [0.15, 0.2) is 17.3 Å². The van der Waals surface area contributed by atoms with Crippen molar-refractivity contribution in [3.8, 4) is 11.5 Å². The van der Waals surface area contributed by atoms with Crippen molar-refractivity contribution in [2.45, 2.75) is 0 Å². The van der Waals surface area contributed by atoms with Crippen LogP contribution in [0.2, 0.25) is 0 Å². The highest BCUT2D eigenvalue weighted by Crippen LogP contribution is 2.24. The predicted octanol–water partition coefficient (Wildman–Crippen LogP) is 1.47. The lowest BCUT2D eigenvalue weighted by atomic mass is 10.1. The van der Waals surface area contributed by atoms with Gasteiger partial charge in [0.1, 0.15) is 0 Å². The lowest BCUT2D eigenvalue weighted by molar-refractivity contribution is 0.104. The van der Waals surface area contributed by atoms with Crippen LogP contribution in [0, 0.1) is 0 Å². The summed E-state index contributed by atoms with van der Waals surface area (Å²) < 4.78 is 0. The maximum absolute atomic E-state index is 11.0. The third-order valence-corrected chi connectivity index (χ3v) is 1.45. The normalized spacial score (nSPS) is 9.33. The topological polar surface area (TPSA) is 57.5 Å². The van der Waals surface area contributed by atoms with Gasteiger partial charge in [0, 0.05) is 5.56 Å². The summed E-state index contributed by atoms with van der Waals surface area (Å²) in [5, 5.41) is 17.9. The number of hydrogen-bond acceptors (Lipinski definition) is 3. The van der Waals surface area contributed by atoms with E-state index in [4.69, 9.17) is 10.2 Å². The average Bonchev–Trinajstić information content (AvgIpc) is 2.08. The smallest absolute Gasteiger partial charge is 0.185 e. The van der Waals surface area contributed by atoms with E-state index in [9.17, 15) is 4.79 Å². The molecule has 0 aromatic heterocycles. The number of hydrogen-bond donors (Lipinski definition) is 2. The van der Waals surface area contributed by atoms with Gasteiger partial charge in [-0.3, -0.25) is 4.79 Å². The fourth-order valence-corrected chi connectivity index (χ4v) is 0.795. The molecule has 0 unspecified atom stereocenters. The molecule has 0 heterocycles. The average molecular weight is 164 g/mol.